The number of nitrogens with one attached hydrogen (secondary N) is 7. The number of hydrogen-bond donors (Lipinski definition) is 12. The highest BCUT2D eigenvalue weighted by atomic mass is 16.2. The zero-order chi connectivity index (χ0) is 60.3. The molecule has 79 heavy (non-hydrogen) atoms. The Labute approximate surface area is 466 Å². The normalized spacial score (nSPS) is 12.5. The maximum atomic E-state index is 13.1. The molecular formula is C52H96N14O13. The van der Waals surface area contributed by atoms with E-state index < -0.39 is 35.6 Å². The van der Waals surface area contributed by atoms with Gasteiger partial charge in [-0.15, -0.1) is 0 Å². The molecule has 13 amide bonds. The second-order valence-corrected chi connectivity index (χ2v) is 19.9. The molecular weight excluding hydrogens is 1030 g/mol. The predicted octanol–water partition coefficient (Wildman–Crippen LogP) is -2.07. The number of carbonyl (C=O) groups excluding carboxylic acids is 13. The van der Waals surface area contributed by atoms with E-state index >= 15 is 0 Å². The standard InChI is InChI=1S/C31H56N8O8.C21H40N6O5/c1-21(29(32)45)11-5-8-16-35-26(42)19-39(20-27(43)36-17-9-6-12-22(2)30(33)46)28(44)14-18-37-31(47)25(38-24(4)41)13-7-10-15-34-23(3)40;1-15(20(23)31)7-3-5-11-25-17(28)13-27(19(30)9-10-22)14-18(29)26-12-6-4-8-16(2)21(24)32/h21-22,25H,5-20H2,1-4H3,(H2,32,45)(H2,33,46)(H,34,40)(H,35,42)(H,36,43)(H,37,47)(H,38,41);15-16H,3-14,22H2,1-2H3,(H2,23,31)(H2,24,32)(H,25,28)(H,26,29)/t21?,22?,25-;/m0./s1. The van der Waals surface area contributed by atoms with Crippen LogP contribution in [0.15, 0.2) is 0 Å². The largest absolute Gasteiger partial charge is 0.369 e. The van der Waals surface area contributed by atoms with Gasteiger partial charge in [-0.05, 0) is 70.6 Å². The van der Waals surface area contributed by atoms with Crippen molar-refractivity contribution in [2.24, 2.45) is 52.3 Å². The van der Waals surface area contributed by atoms with Crippen LogP contribution >= 0.6 is 0 Å². The number of hydrogen-bond acceptors (Lipinski definition) is 14. The third-order valence-corrected chi connectivity index (χ3v) is 12.5. The van der Waals surface area contributed by atoms with Crippen molar-refractivity contribution in [2.75, 3.05) is 72.0 Å². The van der Waals surface area contributed by atoms with Crippen LogP contribution in [0.5, 0.6) is 0 Å². The van der Waals surface area contributed by atoms with Gasteiger partial charge in [0.2, 0.25) is 76.8 Å². The van der Waals surface area contributed by atoms with Crippen molar-refractivity contribution in [3.8, 4) is 0 Å². The molecule has 0 spiro atoms. The highest BCUT2D eigenvalue weighted by Gasteiger charge is 2.24. The molecule has 0 saturated carbocycles. The van der Waals surface area contributed by atoms with E-state index in [1.165, 1.54) is 18.7 Å². The van der Waals surface area contributed by atoms with Crippen LogP contribution in [-0.4, -0.2) is 165 Å². The monoisotopic (exact) mass is 1120 g/mol. The van der Waals surface area contributed by atoms with Crippen molar-refractivity contribution < 1.29 is 62.3 Å². The first-order chi connectivity index (χ1) is 37.2. The van der Waals surface area contributed by atoms with Gasteiger partial charge in [0.05, 0.1) is 0 Å². The molecule has 0 aromatic rings. The van der Waals surface area contributed by atoms with E-state index in [0.717, 1.165) is 17.7 Å². The van der Waals surface area contributed by atoms with E-state index in [2.05, 4.69) is 37.2 Å². The number of nitrogens with zero attached hydrogens (tertiary/aromatic N) is 2. The van der Waals surface area contributed by atoms with Crippen molar-refractivity contribution in [3.05, 3.63) is 0 Å². The lowest BCUT2D eigenvalue weighted by atomic mass is 10.0. The van der Waals surface area contributed by atoms with E-state index in [1.807, 2.05) is 0 Å². The van der Waals surface area contributed by atoms with Crippen molar-refractivity contribution in [1.29, 1.82) is 0 Å². The lowest BCUT2D eigenvalue weighted by Gasteiger charge is -2.23. The van der Waals surface area contributed by atoms with Crippen LogP contribution in [0.2, 0.25) is 0 Å². The highest BCUT2D eigenvalue weighted by molar-refractivity contribution is 5.91. The fraction of sp³-hybridized carbons (Fsp3) is 0.750. The summed E-state index contributed by atoms with van der Waals surface area (Å²) in [4.78, 5) is 157. The summed E-state index contributed by atoms with van der Waals surface area (Å²) in [6.07, 6.45) is 9.16. The first-order valence-electron chi connectivity index (χ1n) is 27.5. The third kappa shape index (κ3) is 41.8. The fourth-order valence-electron chi connectivity index (χ4n) is 7.27. The number of rotatable bonds is 44. The summed E-state index contributed by atoms with van der Waals surface area (Å²) in [7, 11) is 0. The molecule has 27 nitrogen and oxygen atoms in total. The van der Waals surface area contributed by atoms with E-state index in [4.69, 9.17) is 28.7 Å². The van der Waals surface area contributed by atoms with Gasteiger partial charge in [-0.1, -0.05) is 53.4 Å². The Morgan fingerprint density at radius 1 is 0.367 bits per heavy atom. The molecule has 0 bridgehead atoms. The Kier molecular flexibility index (Phi) is 42.2. The summed E-state index contributed by atoms with van der Waals surface area (Å²) in [5.74, 6) is -6.04. The topological polar surface area (TPSA) is 443 Å². The number of carbonyl (C=O) groups is 13. The minimum absolute atomic E-state index is 0.0383. The molecule has 0 aliphatic carbocycles. The Morgan fingerprint density at radius 3 is 0.937 bits per heavy atom. The van der Waals surface area contributed by atoms with Gasteiger partial charge in [0.25, 0.3) is 0 Å². The van der Waals surface area contributed by atoms with Crippen LogP contribution < -0.4 is 65.9 Å². The quantitative estimate of drug-likeness (QED) is 0.0292. The molecule has 4 unspecified atom stereocenters. The second-order valence-electron chi connectivity index (χ2n) is 19.9. The first kappa shape index (κ1) is 74.1. The Morgan fingerprint density at radius 2 is 0.658 bits per heavy atom. The molecule has 0 fully saturated rings. The lowest BCUT2D eigenvalue weighted by molar-refractivity contribution is -0.139. The van der Waals surface area contributed by atoms with Crippen molar-refractivity contribution in [1.82, 2.24) is 47.0 Å². The summed E-state index contributed by atoms with van der Waals surface area (Å²) in [5, 5.41) is 18.7. The van der Waals surface area contributed by atoms with E-state index in [1.54, 1.807) is 27.7 Å². The van der Waals surface area contributed by atoms with Gasteiger partial charge in [0.1, 0.15) is 32.2 Å². The van der Waals surface area contributed by atoms with Gasteiger partial charge in [-0.2, -0.15) is 0 Å². The minimum Gasteiger partial charge on any atom is -0.369 e. The number of unbranched alkanes of at least 4 members (excludes halogenated alkanes) is 5. The van der Waals surface area contributed by atoms with Gasteiger partial charge in [-0.25, -0.2) is 0 Å². The molecule has 0 aliphatic heterocycles. The van der Waals surface area contributed by atoms with E-state index in [-0.39, 0.29) is 123 Å². The molecule has 0 aliphatic rings. The smallest absolute Gasteiger partial charge is 0.242 e. The van der Waals surface area contributed by atoms with Crippen LogP contribution in [0.25, 0.3) is 0 Å². The molecule has 0 aromatic carbocycles. The summed E-state index contributed by atoms with van der Waals surface area (Å²) < 4.78 is 0. The summed E-state index contributed by atoms with van der Waals surface area (Å²) in [6.45, 7) is 10.4. The maximum absolute atomic E-state index is 13.1. The highest BCUT2D eigenvalue weighted by Crippen LogP contribution is 2.10. The molecule has 5 atom stereocenters. The maximum Gasteiger partial charge on any atom is 0.242 e. The molecule has 0 aromatic heterocycles. The van der Waals surface area contributed by atoms with Gasteiger partial charge >= 0.3 is 0 Å². The molecule has 0 rings (SSSR count). The molecule has 0 radical (unpaired) electrons. The SMILES string of the molecule is CC(=O)NCCCC[C@H](NC(C)=O)C(=O)NCCC(=O)N(CC(=O)NCCCCC(C)C(N)=O)CC(=O)NCCCCC(C)C(N)=O.CC(CCCCNC(=O)CN(CC(=O)NCCCCC(C)C(N)=O)C(=O)CCN)C(N)=O. The van der Waals surface area contributed by atoms with Gasteiger partial charge in [0, 0.05) is 96.2 Å². The fourth-order valence-corrected chi connectivity index (χ4v) is 7.27. The number of primary amides is 4. The van der Waals surface area contributed by atoms with Crippen molar-refractivity contribution in [3.63, 3.8) is 0 Å². The van der Waals surface area contributed by atoms with Crippen molar-refractivity contribution >= 4 is 76.8 Å². The van der Waals surface area contributed by atoms with Crippen molar-refractivity contribution in [2.45, 2.75) is 157 Å². The molecule has 0 saturated heterocycles. The molecule has 0 heterocycles. The summed E-state index contributed by atoms with van der Waals surface area (Å²) in [5.41, 5.74) is 26.4. The van der Waals surface area contributed by atoms with E-state index in [0.29, 0.717) is 116 Å². The molecule has 17 N–H and O–H groups in total. The number of nitrogens with two attached hydrogens (primary N) is 5. The minimum atomic E-state index is -0.829. The number of amides is 13. The van der Waals surface area contributed by atoms with Crippen LogP contribution in [0, 0.1) is 23.7 Å². The average Bonchev–Trinajstić information content (AvgIpc) is 3.36. The van der Waals surface area contributed by atoms with E-state index in [9.17, 15) is 62.3 Å². The Balaban J connectivity index is 0. The van der Waals surface area contributed by atoms with Crippen LogP contribution in [0.3, 0.4) is 0 Å². The Bertz CT molecular complexity index is 1850. The lowest BCUT2D eigenvalue weighted by Crippen LogP contribution is -2.48. The van der Waals surface area contributed by atoms with Gasteiger partial charge < -0.3 is 75.7 Å². The van der Waals surface area contributed by atoms with Crippen LogP contribution in [-0.2, 0) is 62.3 Å². The second kappa shape index (κ2) is 45.0. The molecule has 27 heteroatoms. The third-order valence-electron chi connectivity index (χ3n) is 12.5. The average molecular weight is 1130 g/mol. The zero-order valence-electron chi connectivity index (χ0n) is 47.8. The first-order valence-corrected chi connectivity index (χ1v) is 27.5. The Hall–Kier alpha value is -6.93. The summed E-state index contributed by atoms with van der Waals surface area (Å²) >= 11 is 0. The van der Waals surface area contributed by atoms with Gasteiger partial charge in [0.15, 0.2) is 0 Å². The molecule has 452 valence electrons. The van der Waals surface area contributed by atoms with Crippen LogP contribution in [0.4, 0.5) is 0 Å². The zero-order valence-corrected chi connectivity index (χ0v) is 47.8. The van der Waals surface area contributed by atoms with Crippen LogP contribution in [0.1, 0.15) is 151 Å². The summed E-state index contributed by atoms with van der Waals surface area (Å²) in [6, 6.07) is -0.829. The predicted molar refractivity (Wildman–Crippen MR) is 295 cm³/mol. The van der Waals surface area contributed by atoms with Gasteiger partial charge in [-0.3, -0.25) is 62.3 Å².